The molecule has 0 aliphatic rings. The number of carbonyl (C=O) groups is 1. The van der Waals surface area contributed by atoms with Crippen molar-refractivity contribution in [1.82, 2.24) is 13.9 Å². The first-order valence-corrected chi connectivity index (χ1v) is 11.8. The predicted molar refractivity (Wildman–Crippen MR) is 132 cm³/mol. The highest BCUT2D eigenvalue weighted by Crippen LogP contribution is 2.34. The molecule has 3 rings (SSSR count). The largest absolute Gasteiger partial charge is 0.382 e. The summed E-state index contributed by atoms with van der Waals surface area (Å²) in [5.74, 6) is -0.502. The van der Waals surface area contributed by atoms with Gasteiger partial charge in [-0.15, -0.1) is 0 Å². The van der Waals surface area contributed by atoms with E-state index < -0.39 is 5.91 Å². The van der Waals surface area contributed by atoms with E-state index in [1.807, 2.05) is 62.8 Å². The molecule has 178 valence electrons. The van der Waals surface area contributed by atoms with Crippen molar-refractivity contribution < 1.29 is 9.53 Å². The minimum Gasteiger partial charge on any atom is -0.382 e. The molecule has 3 aromatic rings. The standard InChI is InChI=1S/C26H36N4O3/c1-6-8-15-21-24(22(25(27)31)19(4)29(21)16-12-17-33-7-2)23-18(3)28(5)30(26(23)32)20-13-10-9-11-14-20/h9-11,13-14H,6-8,12,15-17H2,1-5H3,(H2,27,31). The number of primary amides is 1. The van der Waals surface area contributed by atoms with E-state index in [4.69, 9.17) is 10.5 Å². The normalized spacial score (nSPS) is 11.3. The summed E-state index contributed by atoms with van der Waals surface area (Å²) in [5.41, 5.74) is 10.8. The van der Waals surface area contributed by atoms with Crippen LogP contribution in [-0.2, 0) is 24.8 Å². The number of carbonyl (C=O) groups excluding carboxylic acids is 1. The van der Waals surface area contributed by atoms with Gasteiger partial charge in [0.25, 0.3) is 11.5 Å². The van der Waals surface area contributed by atoms with Gasteiger partial charge in [0.1, 0.15) is 0 Å². The van der Waals surface area contributed by atoms with Crippen molar-refractivity contribution in [3.05, 3.63) is 63.3 Å². The van der Waals surface area contributed by atoms with Crippen LogP contribution in [0.2, 0.25) is 0 Å². The van der Waals surface area contributed by atoms with Gasteiger partial charge in [0.05, 0.1) is 16.8 Å². The molecule has 2 heterocycles. The number of nitrogens with zero attached hydrogens (tertiary/aromatic N) is 3. The zero-order valence-corrected chi connectivity index (χ0v) is 20.5. The predicted octanol–water partition coefficient (Wildman–Crippen LogP) is 4.13. The monoisotopic (exact) mass is 452 g/mol. The van der Waals surface area contributed by atoms with Crippen molar-refractivity contribution >= 4 is 5.91 Å². The van der Waals surface area contributed by atoms with E-state index in [1.165, 1.54) is 0 Å². The number of hydrogen-bond acceptors (Lipinski definition) is 3. The van der Waals surface area contributed by atoms with Gasteiger partial charge < -0.3 is 15.0 Å². The number of aromatic nitrogens is 3. The van der Waals surface area contributed by atoms with Crippen molar-refractivity contribution in [2.75, 3.05) is 13.2 Å². The second-order valence-corrected chi connectivity index (χ2v) is 8.39. The average Bonchev–Trinajstić information content (AvgIpc) is 3.19. The first kappa shape index (κ1) is 24.6. The van der Waals surface area contributed by atoms with Gasteiger partial charge in [-0.2, -0.15) is 0 Å². The Balaban J connectivity index is 2.28. The lowest BCUT2D eigenvalue weighted by Crippen LogP contribution is -2.21. The van der Waals surface area contributed by atoms with Crippen LogP contribution in [0.1, 0.15) is 60.5 Å². The van der Waals surface area contributed by atoms with Gasteiger partial charge in [0.15, 0.2) is 0 Å². The van der Waals surface area contributed by atoms with Gasteiger partial charge in [-0.05, 0) is 52.2 Å². The maximum absolute atomic E-state index is 13.8. The summed E-state index contributed by atoms with van der Waals surface area (Å²) in [4.78, 5) is 26.5. The molecule has 0 spiro atoms. The first-order chi connectivity index (χ1) is 15.8. The number of benzene rings is 1. The van der Waals surface area contributed by atoms with Crippen LogP contribution in [0.25, 0.3) is 16.8 Å². The fourth-order valence-electron chi connectivity index (χ4n) is 4.60. The summed E-state index contributed by atoms with van der Waals surface area (Å²) in [6, 6.07) is 9.54. The number of ether oxygens (including phenoxy) is 1. The van der Waals surface area contributed by atoms with Crippen LogP contribution in [0.5, 0.6) is 0 Å². The van der Waals surface area contributed by atoms with Crippen LogP contribution in [0, 0.1) is 13.8 Å². The van der Waals surface area contributed by atoms with Crippen LogP contribution in [0.15, 0.2) is 35.1 Å². The molecule has 7 heteroatoms. The zero-order valence-electron chi connectivity index (χ0n) is 20.5. The lowest BCUT2D eigenvalue weighted by atomic mass is 9.98. The molecule has 2 N–H and O–H groups in total. The highest BCUT2D eigenvalue weighted by molar-refractivity contribution is 6.02. The molecule has 0 bridgehead atoms. The Hall–Kier alpha value is -3.06. The number of unbranched alkanes of at least 4 members (excludes halogenated alkanes) is 1. The van der Waals surface area contributed by atoms with Gasteiger partial charge in [-0.3, -0.25) is 14.3 Å². The number of para-hydroxylation sites is 1. The van der Waals surface area contributed by atoms with E-state index >= 15 is 0 Å². The molecule has 1 amide bonds. The van der Waals surface area contributed by atoms with Crippen LogP contribution >= 0.6 is 0 Å². The van der Waals surface area contributed by atoms with Crippen molar-refractivity contribution in [2.24, 2.45) is 12.8 Å². The Morgan fingerprint density at radius 3 is 2.33 bits per heavy atom. The quantitative estimate of drug-likeness (QED) is 0.444. The topological polar surface area (TPSA) is 84.2 Å². The highest BCUT2D eigenvalue weighted by Gasteiger charge is 2.29. The molecule has 0 aliphatic heterocycles. The molecule has 2 aromatic heterocycles. The molecule has 0 radical (unpaired) electrons. The maximum atomic E-state index is 13.8. The Kier molecular flexibility index (Phi) is 7.97. The lowest BCUT2D eigenvalue weighted by Gasteiger charge is -2.13. The number of nitrogens with two attached hydrogens (primary N) is 1. The number of hydrogen-bond donors (Lipinski definition) is 1. The Morgan fingerprint density at radius 1 is 1.03 bits per heavy atom. The van der Waals surface area contributed by atoms with E-state index in [9.17, 15) is 9.59 Å². The van der Waals surface area contributed by atoms with E-state index in [-0.39, 0.29) is 5.56 Å². The summed E-state index contributed by atoms with van der Waals surface area (Å²) in [5, 5.41) is 0. The summed E-state index contributed by atoms with van der Waals surface area (Å²) < 4.78 is 11.2. The Bertz CT molecular complexity index is 1170. The third kappa shape index (κ3) is 4.69. The molecule has 33 heavy (non-hydrogen) atoms. The second-order valence-electron chi connectivity index (χ2n) is 8.39. The fourth-order valence-corrected chi connectivity index (χ4v) is 4.60. The number of rotatable bonds is 11. The summed E-state index contributed by atoms with van der Waals surface area (Å²) >= 11 is 0. The minimum atomic E-state index is -0.502. The fraction of sp³-hybridized carbons (Fsp3) is 0.462. The van der Waals surface area contributed by atoms with Crippen molar-refractivity contribution in [3.63, 3.8) is 0 Å². The van der Waals surface area contributed by atoms with Gasteiger partial charge in [0.2, 0.25) is 0 Å². The van der Waals surface area contributed by atoms with Crippen LogP contribution in [0.4, 0.5) is 0 Å². The van der Waals surface area contributed by atoms with Crippen molar-refractivity contribution in [3.8, 4) is 16.8 Å². The molecule has 0 fully saturated rings. The van der Waals surface area contributed by atoms with Crippen LogP contribution in [-0.4, -0.2) is 33.1 Å². The van der Waals surface area contributed by atoms with Crippen LogP contribution < -0.4 is 11.3 Å². The molecule has 0 unspecified atom stereocenters. The van der Waals surface area contributed by atoms with Gasteiger partial charge in [0, 0.05) is 49.5 Å². The molecule has 7 nitrogen and oxygen atoms in total. The lowest BCUT2D eigenvalue weighted by molar-refractivity contribution is 0.1000. The van der Waals surface area contributed by atoms with Crippen LogP contribution in [0.3, 0.4) is 0 Å². The highest BCUT2D eigenvalue weighted by atomic mass is 16.5. The van der Waals surface area contributed by atoms with E-state index in [2.05, 4.69) is 11.5 Å². The zero-order chi connectivity index (χ0) is 24.1. The van der Waals surface area contributed by atoms with Gasteiger partial charge >= 0.3 is 0 Å². The average molecular weight is 453 g/mol. The molecule has 0 saturated carbocycles. The third-order valence-electron chi connectivity index (χ3n) is 6.32. The summed E-state index contributed by atoms with van der Waals surface area (Å²) in [7, 11) is 1.87. The molecule has 0 saturated heterocycles. The van der Waals surface area contributed by atoms with Crippen molar-refractivity contribution in [1.29, 1.82) is 0 Å². The van der Waals surface area contributed by atoms with E-state index in [0.717, 1.165) is 48.5 Å². The second kappa shape index (κ2) is 10.7. The smallest absolute Gasteiger partial charge is 0.279 e. The molecule has 0 atom stereocenters. The van der Waals surface area contributed by atoms with Crippen molar-refractivity contribution in [2.45, 2.75) is 59.9 Å². The molecular formula is C26H36N4O3. The minimum absolute atomic E-state index is 0.145. The SMILES string of the molecule is CCCCc1c(-c2c(C)n(C)n(-c3ccccc3)c2=O)c(C(N)=O)c(C)n1CCCOCC. The van der Waals surface area contributed by atoms with E-state index in [1.54, 1.807) is 4.68 Å². The first-order valence-electron chi connectivity index (χ1n) is 11.8. The summed E-state index contributed by atoms with van der Waals surface area (Å²) in [6.07, 6.45) is 3.56. The van der Waals surface area contributed by atoms with E-state index in [0.29, 0.717) is 36.4 Å². The van der Waals surface area contributed by atoms with Gasteiger partial charge in [-0.25, -0.2) is 4.68 Å². The Morgan fingerprint density at radius 2 is 1.73 bits per heavy atom. The Labute approximate surface area is 195 Å². The third-order valence-corrected chi connectivity index (χ3v) is 6.32. The molecular weight excluding hydrogens is 416 g/mol. The number of amides is 1. The molecule has 0 aliphatic carbocycles. The maximum Gasteiger partial charge on any atom is 0.279 e. The van der Waals surface area contributed by atoms with Gasteiger partial charge in [-0.1, -0.05) is 31.5 Å². The summed E-state index contributed by atoms with van der Waals surface area (Å²) in [6.45, 7) is 10.00. The molecule has 1 aromatic carbocycles.